The van der Waals surface area contributed by atoms with Crippen LogP contribution in [0.3, 0.4) is 0 Å². The highest BCUT2D eigenvalue weighted by Crippen LogP contribution is 2.38. The molecule has 68 valence electrons. The third-order valence-corrected chi connectivity index (χ3v) is 3.12. The van der Waals surface area contributed by atoms with Crippen LogP contribution in [0.2, 0.25) is 0 Å². The van der Waals surface area contributed by atoms with Gasteiger partial charge in [-0.1, -0.05) is 18.5 Å². The molecule has 0 aliphatic heterocycles. The zero-order chi connectivity index (χ0) is 8.44. The molecule has 0 bridgehead atoms. The minimum atomic E-state index is 0.365. The first-order valence-electron chi connectivity index (χ1n) is 4.99. The highest BCUT2D eigenvalue weighted by atomic mass is 16.6. The summed E-state index contributed by atoms with van der Waals surface area (Å²) in [5, 5.41) is 4.06. The third kappa shape index (κ3) is 1.62. The standard InChI is InChI=1S/C10H17NO/c1-10(6-3-7-10)8-11-12-9-4-2-5-9/h8-9H,2-7H2,1H3/b11-8+. The molecule has 0 aromatic rings. The molecule has 2 aliphatic carbocycles. The molecular weight excluding hydrogens is 150 g/mol. The first-order chi connectivity index (χ1) is 5.79. The van der Waals surface area contributed by atoms with E-state index in [1.165, 1.54) is 38.5 Å². The fourth-order valence-electron chi connectivity index (χ4n) is 1.58. The van der Waals surface area contributed by atoms with Crippen LogP contribution in [0.5, 0.6) is 0 Å². The number of oxime groups is 1. The summed E-state index contributed by atoms with van der Waals surface area (Å²) in [6.07, 6.45) is 10.1. The number of nitrogens with zero attached hydrogens (tertiary/aromatic N) is 1. The molecule has 0 unspecified atom stereocenters. The normalized spacial score (nSPS) is 28.1. The van der Waals surface area contributed by atoms with Gasteiger partial charge in [-0.3, -0.25) is 0 Å². The Kier molecular flexibility index (Phi) is 2.07. The molecule has 0 heterocycles. The fraction of sp³-hybridized carbons (Fsp3) is 0.900. The second-order valence-corrected chi connectivity index (χ2v) is 4.40. The molecule has 2 aliphatic rings. The van der Waals surface area contributed by atoms with Gasteiger partial charge in [-0.2, -0.15) is 0 Å². The Balaban J connectivity index is 1.70. The zero-order valence-corrected chi connectivity index (χ0v) is 7.75. The van der Waals surface area contributed by atoms with E-state index in [2.05, 4.69) is 12.1 Å². The molecule has 2 heteroatoms. The quantitative estimate of drug-likeness (QED) is 0.468. The van der Waals surface area contributed by atoms with Gasteiger partial charge in [-0.15, -0.1) is 0 Å². The molecular formula is C10H17NO. The first kappa shape index (κ1) is 8.09. The number of rotatable bonds is 3. The molecule has 0 N–H and O–H groups in total. The van der Waals surface area contributed by atoms with Gasteiger partial charge in [-0.25, -0.2) is 0 Å². The van der Waals surface area contributed by atoms with Crippen molar-refractivity contribution in [1.29, 1.82) is 0 Å². The number of hydrogen-bond donors (Lipinski definition) is 0. The van der Waals surface area contributed by atoms with Gasteiger partial charge < -0.3 is 4.84 Å². The highest BCUT2D eigenvalue weighted by Gasteiger charge is 2.30. The Labute approximate surface area is 74.0 Å². The maximum Gasteiger partial charge on any atom is 0.127 e. The molecule has 12 heavy (non-hydrogen) atoms. The van der Waals surface area contributed by atoms with E-state index >= 15 is 0 Å². The summed E-state index contributed by atoms with van der Waals surface area (Å²) in [6, 6.07) is 0. The average molecular weight is 167 g/mol. The summed E-state index contributed by atoms with van der Waals surface area (Å²) >= 11 is 0. The van der Waals surface area contributed by atoms with Gasteiger partial charge in [0.2, 0.25) is 0 Å². The summed E-state index contributed by atoms with van der Waals surface area (Å²) in [7, 11) is 0. The average Bonchev–Trinajstić information content (AvgIpc) is 1.91. The van der Waals surface area contributed by atoms with Crippen molar-refractivity contribution in [3.63, 3.8) is 0 Å². The van der Waals surface area contributed by atoms with Crippen molar-refractivity contribution in [2.75, 3.05) is 0 Å². The summed E-state index contributed by atoms with van der Waals surface area (Å²) in [4.78, 5) is 5.32. The first-order valence-corrected chi connectivity index (χ1v) is 4.99. The minimum Gasteiger partial charge on any atom is -0.393 e. The molecule has 0 aromatic heterocycles. The molecule has 0 spiro atoms. The summed E-state index contributed by atoms with van der Waals surface area (Å²) < 4.78 is 0. The zero-order valence-electron chi connectivity index (χ0n) is 7.75. The Bertz CT molecular complexity index is 180. The van der Waals surface area contributed by atoms with Crippen LogP contribution in [0.15, 0.2) is 5.16 Å². The molecule has 0 atom stereocenters. The van der Waals surface area contributed by atoms with E-state index in [-0.39, 0.29) is 0 Å². The van der Waals surface area contributed by atoms with Crippen molar-refractivity contribution >= 4 is 6.21 Å². The molecule has 0 amide bonds. The van der Waals surface area contributed by atoms with E-state index in [0.717, 1.165) is 0 Å². The predicted octanol–water partition coefficient (Wildman–Crippen LogP) is 2.73. The van der Waals surface area contributed by atoms with Crippen molar-refractivity contribution in [3.05, 3.63) is 0 Å². The highest BCUT2D eigenvalue weighted by molar-refractivity contribution is 5.65. The van der Waals surface area contributed by atoms with Crippen LogP contribution in [0, 0.1) is 5.41 Å². The van der Waals surface area contributed by atoms with Crippen LogP contribution in [0.1, 0.15) is 45.4 Å². The molecule has 0 saturated heterocycles. The van der Waals surface area contributed by atoms with Gasteiger partial charge in [0.1, 0.15) is 6.10 Å². The third-order valence-electron chi connectivity index (χ3n) is 3.12. The topological polar surface area (TPSA) is 21.6 Å². The monoisotopic (exact) mass is 167 g/mol. The maximum atomic E-state index is 5.32. The van der Waals surface area contributed by atoms with Crippen molar-refractivity contribution in [1.82, 2.24) is 0 Å². The lowest BCUT2D eigenvalue weighted by atomic mass is 9.72. The SMILES string of the molecule is CC1(/C=N/OC2CCC2)CCC1. The second kappa shape index (κ2) is 3.08. The van der Waals surface area contributed by atoms with E-state index in [9.17, 15) is 0 Å². The van der Waals surface area contributed by atoms with Crippen LogP contribution in [-0.4, -0.2) is 12.3 Å². The fourth-order valence-corrected chi connectivity index (χ4v) is 1.58. The molecule has 2 fully saturated rings. The summed E-state index contributed by atoms with van der Waals surface area (Å²) in [5.74, 6) is 0. The number of hydrogen-bond acceptors (Lipinski definition) is 2. The second-order valence-electron chi connectivity index (χ2n) is 4.40. The molecule has 2 rings (SSSR count). The Morgan fingerprint density at radius 2 is 2.08 bits per heavy atom. The lowest BCUT2D eigenvalue weighted by molar-refractivity contribution is 0.00478. The predicted molar refractivity (Wildman–Crippen MR) is 49.2 cm³/mol. The van der Waals surface area contributed by atoms with Crippen molar-refractivity contribution in [2.24, 2.45) is 10.6 Å². The van der Waals surface area contributed by atoms with Crippen LogP contribution in [0.25, 0.3) is 0 Å². The Hall–Kier alpha value is -0.530. The lowest BCUT2D eigenvalue weighted by Crippen LogP contribution is -2.27. The van der Waals surface area contributed by atoms with Gasteiger partial charge in [0.15, 0.2) is 0 Å². The van der Waals surface area contributed by atoms with Gasteiger partial charge in [0.05, 0.1) is 0 Å². The molecule has 2 saturated carbocycles. The largest absolute Gasteiger partial charge is 0.393 e. The Morgan fingerprint density at radius 3 is 2.50 bits per heavy atom. The van der Waals surface area contributed by atoms with Crippen molar-refractivity contribution in [2.45, 2.75) is 51.6 Å². The minimum absolute atomic E-state index is 0.365. The van der Waals surface area contributed by atoms with Gasteiger partial charge in [-0.05, 0) is 32.1 Å². The van der Waals surface area contributed by atoms with Crippen LogP contribution in [0.4, 0.5) is 0 Å². The molecule has 0 radical (unpaired) electrons. The summed E-state index contributed by atoms with van der Waals surface area (Å²) in [5.41, 5.74) is 0.365. The van der Waals surface area contributed by atoms with E-state index in [1.54, 1.807) is 0 Å². The van der Waals surface area contributed by atoms with Crippen LogP contribution >= 0.6 is 0 Å². The van der Waals surface area contributed by atoms with Gasteiger partial charge in [0, 0.05) is 11.6 Å². The van der Waals surface area contributed by atoms with E-state index < -0.39 is 0 Å². The van der Waals surface area contributed by atoms with Crippen LogP contribution in [-0.2, 0) is 4.84 Å². The molecule has 2 nitrogen and oxygen atoms in total. The van der Waals surface area contributed by atoms with Crippen LogP contribution < -0.4 is 0 Å². The summed E-state index contributed by atoms with van der Waals surface area (Å²) in [6.45, 7) is 2.25. The van der Waals surface area contributed by atoms with Gasteiger partial charge >= 0.3 is 0 Å². The smallest absolute Gasteiger partial charge is 0.127 e. The van der Waals surface area contributed by atoms with Crippen molar-refractivity contribution in [3.8, 4) is 0 Å². The molecule has 0 aromatic carbocycles. The Morgan fingerprint density at radius 1 is 1.33 bits per heavy atom. The van der Waals surface area contributed by atoms with Gasteiger partial charge in [0.25, 0.3) is 0 Å². The van der Waals surface area contributed by atoms with E-state index in [4.69, 9.17) is 4.84 Å². The maximum absolute atomic E-state index is 5.32. The van der Waals surface area contributed by atoms with E-state index in [1.807, 2.05) is 6.21 Å². The van der Waals surface area contributed by atoms with Crippen molar-refractivity contribution < 1.29 is 4.84 Å². The lowest BCUT2D eigenvalue weighted by Gasteiger charge is -2.34. The van der Waals surface area contributed by atoms with E-state index in [0.29, 0.717) is 11.5 Å².